The van der Waals surface area contributed by atoms with Crippen molar-refractivity contribution in [3.8, 4) is 11.5 Å². The minimum absolute atomic E-state index is 0.0254. The Morgan fingerprint density at radius 3 is 2.33 bits per heavy atom. The lowest BCUT2D eigenvalue weighted by molar-refractivity contribution is -0.136. The second-order valence-electron chi connectivity index (χ2n) is 9.04. The van der Waals surface area contributed by atoms with E-state index in [1.807, 2.05) is 30.0 Å². The second-order valence-corrected chi connectivity index (χ2v) is 9.04. The number of amides is 2. The number of carbonyl (C=O) groups excluding carboxylic acids is 2. The first-order valence-electron chi connectivity index (χ1n) is 11.5. The summed E-state index contributed by atoms with van der Waals surface area (Å²) in [6.45, 7) is 3.39. The average Bonchev–Trinajstić information content (AvgIpc) is 3.50. The third-order valence-corrected chi connectivity index (χ3v) is 6.75. The van der Waals surface area contributed by atoms with Crippen molar-refractivity contribution in [2.75, 3.05) is 20.2 Å². The van der Waals surface area contributed by atoms with E-state index in [2.05, 4.69) is 5.32 Å². The number of ether oxygens (including phenoxy) is 2. The van der Waals surface area contributed by atoms with Gasteiger partial charge in [0.25, 0.3) is 0 Å². The first kappa shape index (κ1) is 21.0. The van der Waals surface area contributed by atoms with E-state index < -0.39 is 0 Å². The Morgan fingerprint density at radius 2 is 1.70 bits per heavy atom. The molecule has 1 aliphatic heterocycles. The Morgan fingerprint density at radius 1 is 1.00 bits per heavy atom. The maximum Gasteiger partial charge on any atom is 0.225 e. The van der Waals surface area contributed by atoms with Gasteiger partial charge in [0.05, 0.1) is 19.3 Å². The summed E-state index contributed by atoms with van der Waals surface area (Å²) in [7, 11) is 1.65. The van der Waals surface area contributed by atoms with Gasteiger partial charge in [0, 0.05) is 24.9 Å². The van der Waals surface area contributed by atoms with Crippen LogP contribution in [-0.4, -0.2) is 43.0 Å². The second kappa shape index (κ2) is 9.27. The molecule has 30 heavy (non-hydrogen) atoms. The van der Waals surface area contributed by atoms with Crippen molar-refractivity contribution in [2.45, 2.75) is 70.4 Å². The van der Waals surface area contributed by atoms with Gasteiger partial charge in [-0.15, -0.1) is 0 Å². The van der Waals surface area contributed by atoms with E-state index in [1.165, 1.54) is 12.8 Å². The smallest absolute Gasteiger partial charge is 0.225 e. The summed E-state index contributed by atoms with van der Waals surface area (Å²) in [5.74, 6) is 2.08. The van der Waals surface area contributed by atoms with Crippen LogP contribution in [0.2, 0.25) is 0 Å². The van der Waals surface area contributed by atoms with Crippen molar-refractivity contribution >= 4 is 11.8 Å². The zero-order valence-corrected chi connectivity index (χ0v) is 18.2. The fraction of sp³-hybridized carbons (Fsp3) is 0.667. The first-order valence-corrected chi connectivity index (χ1v) is 11.5. The van der Waals surface area contributed by atoms with E-state index in [0.29, 0.717) is 18.8 Å². The normalized spacial score (nSPS) is 21.3. The Hall–Kier alpha value is -2.24. The SMILES string of the molecule is COc1cc([C@H](C)NC(=O)C2CCN(C(=O)C3CC3)CC2)ccc1OC1CCCC1. The van der Waals surface area contributed by atoms with Gasteiger partial charge >= 0.3 is 0 Å². The Bertz CT molecular complexity index is 762. The van der Waals surface area contributed by atoms with Crippen LogP contribution in [0.5, 0.6) is 11.5 Å². The summed E-state index contributed by atoms with van der Waals surface area (Å²) >= 11 is 0. The molecule has 0 radical (unpaired) electrons. The third kappa shape index (κ3) is 4.90. The molecule has 0 bridgehead atoms. The fourth-order valence-corrected chi connectivity index (χ4v) is 4.60. The molecule has 1 aromatic rings. The van der Waals surface area contributed by atoms with E-state index >= 15 is 0 Å². The molecule has 2 aliphatic carbocycles. The lowest BCUT2D eigenvalue weighted by atomic mass is 9.95. The highest BCUT2D eigenvalue weighted by molar-refractivity contribution is 5.82. The number of rotatable bonds is 7. The standard InChI is InChI=1S/C24H34N2O4/c1-16(19-9-10-21(22(15-19)29-2)30-20-5-3-4-6-20)25-23(27)17-11-13-26(14-12-17)24(28)18-7-8-18/h9-10,15-18,20H,3-8,11-14H2,1-2H3,(H,25,27)/t16-/m0/s1. The van der Waals surface area contributed by atoms with Crippen molar-refractivity contribution < 1.29 is 19.1 Å². The maximum atomic E-state index is 12.8. The van der Waals surface area contributed by atoms with Crippen LogP contribution < -0.4 is 14.8 Å². The van der Waals surface area contributed by atoms with E-state index in [0.717, 1.165) is 49.8 Å². The molecule has 1 N–H and O–H groups in total. The van der Waals surface area contributed by atoms with Gasteiger partial charge in [-0.1, -0.05) is 6.07 Å². The molecule has 2 amide bonds. The minimum Gasteiger partial charge on any atom is -0.493 e. The number of likely N-dealkylation sites (tertiary alicyclic amines) is 1. The van der Waals surface area contributed by atoms with Crippen LogP contribution in [-0.2, 0) is 9.59 Å². The fourth-order valence-electron chi connectivity index (χ4n) is 4.60. The molecule has 1 heterocycles. The first-order chi connectivity index (χ1) is 14.5. The van der Waals surface area contributed by atoms with Gasteiger partial charge in [0.2, 0.25) is 11.8 Å². The Kier molecular flexibility index (Phi) is 6.49. The summed E-state index contributed by atoms with van der Waals surface area (Å²) in [5.41, 5.74) is 1.00. The monoisotopic (exact) mass is 414 g/mol. The number of piperidine rings is 1. The Labute approximate surface area is 179 Å². The summed E-state index contributed by atoms with van der Waals surface area (Å²) in [6, 6.07) is 5.82. The van der Waals surface area contributed by atoms with E-state index in [1.54, 1.807) is 7.11 Å². The largest absolute Gasteiger partial charge is 0.493 e. The lowest BCUT2D eigenvalue weighted by Crippen LogP contribution is -2.44. The van der Waals surface area contributed by atoms with E-state index in [9.17, 15) is 9.59 Å². The van der Waals surface area contributed by atoms with Crippen molar-refractivity contribution in [3.05, 3.63) is 23.8 Å². The number of nitrogens with zero attached hydrogens (tertiary/aromatic N) is 1. The van der Waals surface area contributed by atoms with E-state index in [-0.39, 0.29) is 35.8 Å². The van der Waals surface area contributed by atoms with Gasteiger partial charge in [0.1, 0.15) is 0 Å². The van der Waals surface area contributed by atoms with Crippen LogP contribution in [0.25, 0.3) is 0 Å². The highest BCUT2D eigenvalue weighted by Gasteiger charge is 2.36. The van der Waals surface area contributed by atoms with Gasteiger partial charge in [0.15, 0.2) is 11.5 Å². The van der Waals surface area contributed by atoms with Crippen LogP contribution in [0.3, 0.4) is 0 Å². The van der Waals surface area contributed by atoms with E-state index in [4.69, 9.17) is 9.47 Å². The molecule has 164 valence electrons. The zero-order chi connectivity index (χ0) is 21.1. The highest BCUT2D eigenvalue weighted by Crippen LogP contribution is 2.34. The third-order valence-electron chi connectivity index (χ3n) is 6.75. The molecule has 0 unspecified atom stereocenters. The summed E-state index contributed by atoms with van der Waals surface area (Å²) in [5, 5.41) is 3.15. The van der Waals surface area contributed by atoms with Gasteiger partial charge in [-0.2, -0.15) is 0 Å². The zero-order valence-electron chi connectivity index (χ0n) is 18.2. The molecule has 1 atom stereocenters. The molecule has 6 nitrogen and oxygen atoms in total. The maximum absolute atomic E-state index is 12.8. The number of methoxy groups -OCH3 is 1. The van der Waals surface area contributed by atoms with Crippen molar-refractivity contribution in [1.29, 1.82) is 0 Å². The molecular weight excluding hydrogens is 380 g/mol. The summed E-state index contributed by atoms with van der Waals surface area (Å²) < 4.78 is 11.7. The van der Waals surface area contributed by atoms with Crippen LogP contribution in [0.1, 0.15) is 69.9 Å². The van der Waals surface area contributed by atoms with Crippen molar-refractivity contribution in [2.24, 2.45) is 11.8 Å². The average molecular weight is 415 g/mol. The number of hydrogen-bond acceptors (Lipinski definition) is 4. The van der Waals surface area contributed by atoms with Gasteiger partial charge in [-0.3, -0.25) is 9.59 Å². The summed E-state index contributed by atoms with van der Waals surface area (Å²) in [4.78, 5) is 26.9. The predicted octanol–water partition coefficient (Wildman–Crippen LogP) is 3.84. The van der Waals surface area contributed by atoms with Crippen molar-refractivity contribution in [1.82, 2.24) is 10.2 Å². The predicted molar refractivity (Wildman–Crippen MR) is 114 cm³/mol. The summed E-state index contributed by atoms with van der Waals surface area (Å²) in [6.07, 6.45) is 8.48. The molecule has 1 saturated heterocycles. The van der Waals surface area contributed by atoms with Crippen LogP contribution in [0.4, 0.5) is 0 Å². The van der Waals surface area contributed by atoms with Crippen LogP contribution in [0.15, 0.2) is 18.2 Å². The lowest BCUT2D eigenvalue weighted by Gasteiger charge is -2.32. The molecule has 3 fully saturated rings. The van der Waals surface area contributed by atoms with Crippen LogP contribution in [0, 0.1) is 11.8 Å². The van der Waals surface area contributed by atoms with Crippen LogP contribution >= 0.6 is 0 Å². The minimum atomic E-state index is -0.113. The number of nitrogens with one attached hydrogen (secondary N) is 1. The number of hydrogen-bond donors (Lipinski definition) is 1. The highest BCUT2D eigenvalue weighted by atomic mass is 16.5. The number of benzene rings is 1. The molecule has 1 aromatic carbocycles. The van der Waals surface area contributed by atoms with Gasteiger partial charge in [-0.25, -0.2) is 0 Å². The molecular formula is C24H34N2O4. The van der Waals surface area contributed by atoms with Crippen molar-refractivity contribution in [3.63, 3.8) is 0 Å². The topological polar surface area (TPSA) is 67.9 Å². The Balaban J connectivity index is 1.31. The molecule has 0 aromatic heterocycles. The van der Waals surface area contributed by atoms with Gasteiger partial charge in [-0.05, 0) is 76.0 Å². The molecule has 2 saturated carbocycles. The number of carbonyl (C=O) groups is 2. The molecule has 3 aliphatic rings. The molecule has 0 spiro atoms. The molecule has 6 heteroatoms. The quantitative estimate of drug-likeness (QED) is 0.736. The van der Waals surface area contributed by atoms with Gasteiger partial charge < -0.3 is 19.7 Å². The molecule has 4 rings (SSSR count).